The van der Waals surface area contributed by atoms with Crippen LogP contribution in [-0.4, -0.2) is 30.6 Å². The highest BCUT2D eigenvalue weighted by molar-refractivity contribution is 5.24. The van der Waals surface area contributed by atoms with E-state index >= 15 is 0 Å². The van der Waals surface area contributed by atoms with Crippen LogP contribution < -0.4 is 5.32 Å². The van der Waals surface area contributed by atoms with E-state index in [9.17, 15) is 13.2 Å². The Kier molecular flexibility index (Phi) is 5.65. The van der Waals surface area contributed by atoms with Gasteiger partial charge in [-0.3, -0.25) is 4.90 Å². The zero-order chi connectivity index (χ0) is 15.3. The van der Waals surface area contributed by atoms with Gasteiger partial charge in [0.25, 0.3) is 0 Å². The van der Waals surface area contributed by atoms with E-state index in [0.29, 0.717) is 6.04 Å². The quantitative estimate of drug-likeness (QED) is 0.892. The molecule has 118 valence electrons. The van der Waals surface area contributed by atoms with E-state index in [1.807, 2.05) is 0 Å². The van der Waals surface area contributed by atoms with Gasteiger partial charge in [0.05, 0.1) is 5.56 Å². The minimum atomic E-state index is -4.26. The molecule has 0 saturated carbocycles. The Labute approximate surface area is 124 Å². The summed E-state index contributed by atoms with van der Waals surface area (Å²) < 4.78 is 37.7. The van der Waals surface area contributed by atoms with Gasteiger partial charge in [0.2, 0.25) is 0 Å². The van der Waals surface area contributed by atoms with Gasteiger partial charge in [-0.2, -0.15) is 13.2 Å². The minimum absolute atomic E-state index is 0.487. The molecule has 0 radical (unpaired) electrons. The van der Waals surface area contributed by atoms with Gasteiger partial charge in [0, 0.05) is 19.1 Å². The first kappa shape index (κ1) is 16.3. The summed E-state index contributed by atoms with van der Waals surface area (Å²) >= 11 is 0. The molecule has 1 unspecified atom stereocenters. The van der Waals surface area contributed by atoms with E-state index in [0.717, 1.165) is 51.0 Å². The molecule has 0 aliphatic carbocycles. The number of hydrogen-bond acceptors (Lipinski definition) is 2. The lowest BCUT2D eigenvalue weighted by molar-refractivity contribution is -0.137. The first-order valence-corrected chi connectivity index (χ1v) is 7.61. The van der Waals surface area contributed by atoms with Crippen LogP contribution in [0.4, 0.5) is 13.2 Å². The monoisotopic (exact) mass is 300 g/mol. The minimum Gasteiger partial charge on any atom is -0.315 e. The summed E-state index contributed by atoms with van der Waals surface area (Å²) in [5, 5.41) is 3.40. The van der Waals surface area contributed by atoms with Crippen LogP contribution in [-0.2, 0) is 12.7 Å². The van der Waals surface area contributed by atoms with Gasteiger partial charge in [-0.15, -0.1) is 0 Å². The molecule has 2 nitrogen and oxygen atoms in total. The molecular weight excluding hydrogens is 277 g/mol. The van der Waals surface area contributed by atoms with E-state index in [1.165, 1.54) is 12.1 Å². The topological polar surface area (TPSA) is 15.3 Å². The van der Waals surface area contributed by atoms with Crippen LogP contribution in [0, 0.1) is 0 Å². The summed E-state index contributed by atoms with van der Waals surface area (Å²) in [5.41, 5.74) is 0.370. The van der Waals surface area contributed by atoms with Crippen LogP contribution in [0.1, 0.15) is 37.3 Å². The van der Waals surface area contributed by atoms with Gasteiger partial charge in [0.1, 0.15) is 0 Å². The number of benzene rings is 1. The van der Waals surface area contributed by atoms with Crippen LogP contribution in [0.25, 0.3) is 0 Å². The number of hydrogen-bond donors (Lipinski definition) is 1. The third-order valence-electron chi connectivity index (χ3n) is 3.97. The summed E-state index contributed by atoms with van der Waals surface area (Å²) in [7, 11) is 0. The Bertz CT molecular complexity index is 422. The molecule has 0 spiro atoms. The van der Waals surface area contributed by atoms with Crippen molar-refractivity contribution in [3.63, 3.8) is 0 Å². The predicted molar refractivity (Wildman–Crippen MR) is 78.0 cm³/mol. The van der Waals surface area contributed by atoms with Crippen LogP contribution in [0.2, 0.25) is 0 Å². The number of piperidine rings is 1. The standard InChI is InChI=1S/C16H23F3N2/c1-2-10-21(15-4-3-9-20-11-15)12-13-5-7-14(8-6-13)16(17,18)19/h5-8,15,20H,2-4,9-12H2,1H3. The van der Waals surface area contributed by atoms with Crippen LogP contribution in [0.5, 0.6) is 0 Å². The summed E-state index contributed by atoms with van der Waals surface area (Å²) in [5.74, 6) is 0. The molecule has 1 aromatic rings. The van der Waals surface area contributed by atoms with Gasteiger partial charge in [-0.05, 0) is 50.0 Å². The smallest absolute Gasteiger partial charge is 0.315 e. The third-order valence-corrected chi connectivity index (χ3v) is 3.97. The molecule has 1 fully saturated rings. The first-order chi connectivity index (χ1) is 10.0. The Morgan fingerprint density at radius 2 is 1.95 bits per heavy atom. The molecule has 1 aromatic carbocycles. The SMILES string of the molecule is CCCN(Cc1ccc(C(F)(F)F)cc1)C1CCCNC1. The van der Waals surface area contributed by atoms with Crippen molar-refractivity contribution in [3.05, 3.63) is 35.4 Å². The largest absolute Gasteiger partial charge is 0.416 e. The Morgan fingerprint density at radius 3 is 2.48 bits per heavy atom. The van der Waals surface area contributed by atoms with Crippen molar-refractivity contribution in [2.45, 2.75) is 44.9 Å². The maximum absolute atomic E-state index is 12.6. The number of nitrogens with one attached hydrogen (secondary N) is 1. The van der Waals surface area contributed by atoms with Crippen molar-refractivity contribution >= 4 is 0 Å². The van der Waals surface area contributed by atoms with E-state index < -0.39 is 11.7 Å². The van der Waals surface area contributed by atoms with Crippen LogP contribution in [0.15, 0.2) is 24.3 Å². The molecule has 1 aliphatic rings. The van der Waals surface area contributed by atoms with Gasteiger partial charge in [-0.25, -0.2) is 0 Å². The first-order valence-electron chi connectivity index (χ1n) is 7.61. The molecule has 21 heavy (non-hydrogen) atoms. The average Bonchev–Trinajstić information content (AvgIpc) is 2.47. The number of halogens is 3. The maximum Gasteiger partial charge on any atom is 0.416 e. The molecule has 0 amide bonds. The molecule has 5 heteroatoms. The van der Waals surface area contributed by atoms with E-state index in [1.54, 1.807) is 12.1 Å². The molecule has 1 atom stereocenters. The van der Waals surface area contributed by atoms with E-state index in [-0.39, 0.29) is 0 Å². The number of rotatable bonds is 5. The molecule has 1 heterocycles. The highest BCUT2D eigenvalue weighted by atomic mass is 19.4. The van der Waals surface area contributed by atoms with E-state index in [4.69, 9.17) is 0 Å². The molecular formula is C16H23F3N2. The van der Waals surface area contributed by atoms with E-state index in [2.05, 4.69) is 17.1 Å². The van der Waals surface area contributed by atoms with Crippen molar-refractivity contribution in [1.82, 2.24) is 10.2 Å². The lowest BCUT2D eigenvalue weighted by atomic mass is 10.0. The van der Waals surface area contributed by atoms with Crippen molar-refractivity contribution in [2.75, 3.05) is 19.6 Å². The zero-order valence-corrected chi connectivity index (χ0v) is 12.4. The summed E-state index contributed by atoms with van der Waals surface area (Å²) in [4.78, 5) is 2.38. The highest BCUT2D eigenvalue weighted by Gasteiger charge is 2.30. The Balaban J connectivity index is 2.02. The number of alkyl halides is 3. The maximum atomic E-state index is 12.6. The van der Waals surface area contributed by atoms with Crippen LogP contribution >= 0.6 is 0 Å². The van der Waals surface area contributed by atoms with Crippen molar-refractivity contribution in [3.8, 4) is 0 Å². The lowest BCUT2D eigenvalue weighted by Crippen LogP contribution is -2.45. The number of nitrogens with zero attached hydrogens (tertiary/aromatic N) is 1. The molecule has 0 aromatic heterocycles. The normalized spacial score (nSPS) is 20.0. The van der Waals surface area contributed by atoms with Gasteiger partial charge in [-0.1, -0.05) is 19.1 Å². The summed E-state index contributed by atoms with van der Waals surface area (Å²) in [6.07, 6.45) is -0.877. The zero-order valence-electron chi connectivity index (χ0n) is 12.4. The summed E-state index contributed by atoms with van der Waals surface area (Å²) in [6, 6.07) is 6.04. The highest BCUT2D eigenvalue weighted by Crippen LogP contribution is 2.29. The second-order valence-corrected chi connectivity index (χ2v) is 5.67. The summed E-state index contributed by atoms with van der Waals surface area (Å²) in [6.45, 7) is 5.87. The fourth-order valence-electron chi connectivity index (χ4n) is 2.86. The second kappa shape index (κ2) is 7.27. The molecule has 2 rings (SSSR count). The molecule has 1 N–H and O–H groups in total. The molecule has 0 bridgehead atoms. The average molecular weight is 300 g/mol. The van der Waals surface area contributed by atoms with Gasteiger partial charge in [0.15, 0.2) is 0 Å². The van der Waals surface area contributed by atoms with Crippen molar-refractivity contribution in [2.24, 2.45) is 0 Å². The van der Waals surface area contributed by atoms with Crippen molar-refractivity contribution in [1.29, 1.82) is 0 Å². The molecule has 1 saturated heterocycles. The third kappa shape index (κ3) is 4.71. The Hall–Kier alpha value is -1.07. The van der Waals surface area contributed by atoms with Crippen molar-refractivity contribution < 1.29 is 13.2 Å². The fourth-order valence-corrected chi connectivity index (χ4v) is 2.86. The predicted octanol–water partition coefficient (Wildman–Crippen LogP) is 3.67. The second-order valence-electron chi connectivity index (χ2n) is 5.67. The van der Waals surface area contributed by atoms with Crippen LogP contribution in [0.3, 0.4) is 0 Å². The Morgan fingerprint density at radius 1 is 1.24 bits per heavy atom. The molecule has 1 aliphatic heterocycles. The fraction of sp³-hybridized carbons (Fsp3) is 0.625. The van der Waals surface area contributed by atoms with Gasteiger partial charge < -0.3 is 5.32 Å². The van der Waals surface area contributed by atoms with Gasteiger partial charge >= 0.3 is 6.18 Å². The lowest BCUT2D eigenvalue weighted by Gasteiger charge is -2.34.